The summed E-state index contributed by atoms with van der Waals surface area (Å²) in [5, 5.41) is 15.8. The van der Waals surface area contributed by atoms with Crippen LogP contribution in [0.25, 0.3) is 0 Å². The third-order valence-electron chi connectivity index (χ3n) is 5.37. The number of carbonyl (C=O) groups is 2. The minimum atomic E-state index is -1.99. The number of hydrogen-bond donors (Lipinski definition) is 3. The molecule has 7 heteroatoms. The van der Waals surface area contributed by atoms with Gasteiger partial charge in [0.1, 0.15) is 6.10 Å². The fourth-order valence-corrected chi connectivity index (χ4v) is 3.43. The Bertz CT molecular complexity index is 629. The van der Waals surface area contributed by atoms with Gasteiger partial charge in [0.2, 0.25) is 11.8 Å². The average Bonchev–Trinajstić information content (AvgIpc) is 2.63. The standard InChI is InChI=1S/C21H36N2O4Si/c1-21(2,3)28(5,6)27-15-17(12-13-19(25)22-4)23-20(26)18(24)14-16-10-8-7-9-11-16/h7-11,17-18,24H,12-15H2,1-6H3,(H,22,25)(H,23,26)/t17-,18+/m0/s1. The van der Waals surface area contributed by atoms with Crippen LogP contribution < -0.4 is 10.6 Å². The van der Waals surface area contributed by atoms with Crippen molar-refractivity contribution < 1.29 is 19.1 Å². The first kappa shape index (κ1) is 24.3. The second-order valence-corrected chi connectivity index (χ2v) is 13.5. The highest BCUT2D eigenvalue weighted by Crippen LogP contribution is 2.36. The van der Waals surface area contributed by atoms with Crippen LogP contribution in [0.2, 0.25) is 18.1 Å². The van der Waals surface area contributed by atoms with Crippen molar-refractivity contribution in [2.45, 2.75) is 70.3 Å². The van der Waals surface area contributed by atoms with Crippen LogP contribution in [-0.4, -0.2) is 51.0 Å². The Hall–Kier alpha value is -1.70. The van der Waals surface area contributed by atoms with E-state index < -0.39 is 20.3 Å². The van der Waals surface area contributed by atoms with E-state index in [1.165, 1.54) is 0 Å². The maximum Gasteiger partial charge on any atom is 0.249 e. The monoisotopic (exact) mass is 408 g/mol. The second kappa shape index (κ2) is 10.7. The lowest BCUT2D eigenvalue weighted by Gasteiger charge is -2.37. The van der Waals surface area contributed by atoms with E-state index in [1.807, 2.05) is 30.3 Å². The van der Waals surface area contributed by atoms with E-state index in [-0.39, 0.29) is 29.8 Å². The molecule has 3 N–H and O–H groups in total. The molecule has 1 aromatic rings. The fourth-order valence-electron chi connectivity index (χ4n) is 2.38. The van der Waals surface area contributed by atoms with Gasteiger partial charge in [-0.3, -0.25) is 9.59 Å². The normalized spacial score (nSPS) is 14.2. The molecule has 28 heavy (non-hydrogen) atoms. The van der Waals surface area contributed by atoms with Gasteiger partial charge in [0.15, 0.2) is 8.32 Å². The van der Waals surface area contributed by atoms with E-state index in [0.717, 1.165) is 5.56 Å². The van der Waals surface area contributed by atoms with Crippen LogP contribution in [0.3, 0.4) is 0 Å². The third kappa shape index (κ3) is 8.12. The molecule has 1 rings (SSSR count). The summed E-state index contributed by atoms with van der Waals surface area (Å²) >= 11 is 0. The van der Waals surface area contributed by atoms with Crippen molar-refractivity contribution in [1.29, 1.82) is 0 Å². The molecule has 158 valence electrons. The lowest BCUT2D eigenvalue weighted by molar-refractivity contribution is -0.130. The van der Waals surface area contributed by atoms with Crippen molar-refractivity contribution in [3.63, 3.8) is 0 Å². The highest BCUT2D eigenvalue weighted by atomic mass is 28.4. The van der Waals surface area contributed by atoms with Crippen molar-refractivity contribution in [2.24, 2.45) is 0 Å². The Kier molecular flexibility index (Phi) is 9.33. The van der Waals surface area contributed by atoms with E-state index >= 15 is 0 Å². The minimum Gasteiger partial charge on any atom is -0.415 e. The number of hydrogen-bond acceptors (Lipinski definition) is 4. The molecule has 0 saturated carbocycles. The SMILES string of the molecule is CNC(=O)CC[C@@H](CO[Si](C)(C)C(C)(C)C)NC(=O)[C@H](O)Cc1ccccc1. The number of carbonyl (C=O) groups excluding carboxylic acids is 2. The summed E-state index contributed by atoms with van der Waals surface area (Å²) in [6, 6.07) is 9.06. The van der Waals surface area contributed by atoms with Gasteiger partial charge in [-0.15, -0.1) is 0 Å². The van der Waals surface area contributed by atoms with Gasteiger partial charge in [-0.25, -0.2) is 0 Å². The number of nitrogens with one attached hydrogen (secondary N) is 2. The molecule has 0 aliphatic heterocycles. The summed E-state index contributed by atoms with van der Waals surface area (Å²) < 4.78 is 6.23. The Labute approximate surface area is 170 Å². The maximum absolute atomic E-state index is 12.5. The van der Waals surface area contributed by atoms with Crippen LogP contribution in [-0.2, 0) is 20.4 Å². The molecular formula is C21H36N2O4Si. The Balaban J connectivity index is 2.72. The fraction of sp³-hybridized carbons (Fsp3) is 0.619. The minimum absolute atomic E-state index is 0.0508. The van der Waals surface area contributed by atoms with Gasteiger partial charge >= 0.3 is 0 Å². The first-order valence-electron chi connectivity index (χ1n) is 9.83. The number of aliphatic hydroxyl groups excluding tert-OH is 1. The van der Waals surface area contributed by atoms with Gasteiger partial charge in [-0.2, -0.15) is 0 Å². The molecule has 0 bridgehead atoms. The smallest absolute Gasteiger partial charge is 0.249 e. The van der Waals surface area contributed by atoms with Crippen LogP contribution in [0, 0.1) is 0 Å². The molecule has 6 nitrogen and oxygen atoms in total. The Morgan fingerprint density at radius 2 is 1.79 bits per heavy atom. The lowest BCUT2D eigenvalue weighted by Crippen LogP contribution is -2.48. The highest BCUT2D eigenvalue weighted by Gasteiger charge is 2.37. The molecule has 0 unspecified atom stereocenters. The molecule has 0 aromatic heterocycles. The van der Waals surface area contributed by atoms with Crippen molar-refractivity contribution in [3.8, 4) is 0 Å². The van der Waals surface area contributed by atoms with Gasteiger partial charge in [-0.05, 0) is 30.1 Å². The maximum atomic E-state index is 12.5. The van der Waals surface area contributed by atoms with Crippen LogP contribution in [0.4, 0.5) is 0 Å². The predicted molar refractivity (Wildman–Crippen MR) is 115 cm³/mol. The molecule has 0 aliphatic rings. The first-order valence-corrected chi connectivity index (χ1v) is 12.7. The highest BCUT2D eigenvalue weighted by molar-refractivity contribution is 6.74. The molecule has 1 aromatic carbocycles. The number of aliphatic hydroxyl groups is 1. The Morgan fingerprint density at radius 3 is 2.32 bits per heavy atom. The molecule has 0 spiro atoms. The number of rotatable bonds is 10. The summed E-state index contributed by atoms with van der Waals surface area (Å²) in [6.45, 7) is 11.1. The summed E-state index contributed by atoms with van der Waals surface area (Å²) in [4.78, 5) is 24.1. The van der Waals surface area contributed by atoms with Crippen molar-refractivity contribution >= 4 is 20.1 Å². The van der Waals surface area contributed by atoms with Crippen molar-refractivity contribution in [3.05, 3.63) is 35.9 Å². The molecule has 0 aliphatic carbocycles. The molecular weight excluding hydrogens is 372 g/mol. The van der Waals surface area contributed by atoms with Crippen LogP contribution in [0.5, 0.6) is 0 Å². The van der Waals surface area contributed by atoms with Gasteiger partial charge < -0.3 is 20.2 Å². The van der Waals surface area contributed by atoms with Crippen LogP contribution in [0.15, 0.2) is 30.3 Å². The lowest BCUT2D eigenvalue weighted by atomic mass is 10.1. The molecule has 0 saturated heterocycles. The summed E-state index contributed by atoms with van der Waals surface area (Å²) in [7, 11) is -0.397. The zero-order valence-corrected chi connectivity index (χ0v) is 19.0. The van der Waals surface area contributed by atoms with E-state index in [4.69, 9.17) is 4.43 Å². The molecule has 2 amide bonds. The van der Waals surface area contributed by atoms with Gasteiger partial charge in [-0.1, -0.05) is 51.1 Å². The molecule has 2 atom stereocenters. The third-order valence-corrected chi connectivity index (χ3v) is 9.87. The second-order valence-electron chi connectivity index (χ2n) is 8.69. The van der Waals surface area contributed by atoms with Crippen LogP contribution >= 0.6 is 0 Å². The van der Waals surface area contributed by atoms with Crippen LogP contribution in [0.1, 0.15) is 39.2 Å². The molecule has 0 heterocycles. The van der Waals surface area contributed by atoms with Crippen molar-refractivity contribution in [2.75, 3.05) is 13.7 Å². The van der Waals surface area contributed by atoms with E-state index in [2.05, 4.69) is 44.5 Å². The zero-order chi connectivity index (χ0) is 21.4. The topological polar surface area (TPSA) is 87.7 Å². The molecule has 0 radical (unpaired) electrons. The molecule has 0 fully saturated rings. The quantitative estimate of drug-likeness (QED) is 0.519. The zero-order valence-electron chi connectivity index (χ0n) is 18.0. The first-order chi connectivity index (χ1) is 13.0. The summed E-state index contributed by atoms with van der Waals surface area (Å²) in [5.41, 5.74) is 0.893. The van der Waals surface area contributed by atoms with E-state index in [9.17, 15) is 14.7 Å². The largest absolute Gasteiger partial charge is 0.415 e. The summed E-state index contributed by atoms with van der Waals surface area (Å²) in [5.74, 6) is -0.527. The number of amides is 2. The summed E-state index contributed by atoms with van der Waals surface area (Å²) in [6.07, 6.45) is -0.148. The Morgan fingerprint density at radius 1 is 1.18 bits per heavy atom. The average molecular weight is 409 g/mol. The van der Waals surface area contributed by atoms with E-state index in [0.29, 0.717) is 13.0 Å². The van der Waals surface area contributed by atoms with Gasteiger partial charge in [0.25, 0.3) is 0 Å². The van der Waals surface area contributed by atoms with Gasteiger partial charge in [0, 0.05) is 19.9 Å². The predicted octanol–water partition coefficient (Wildman–Crippen LogP) is 2.62. The number of benzene rings is 1. The van der Waals surface area contributed by atoms with Crippen molar-refractivity contribution in [1.82, 2.24) is 10.6 Å². The van der Waals surface area contributed by atoms with Gasteiger partial charge in [0.05, 0.1) is 12.6 Å². The van der Waals surface area contributed by atoms with E-state index in [1.54, 1.807) is 7.05 Å².